The molecule has 0 spiro atoms. The fourth-order valence-electron chi connectivity index (χ4n) is 6.38. The maximum absolute atomic E-state index is 12.6. The van der Waals surface area contributed by atoms with Gasteiger partial charge in [-0.2, -0.15) is 0 Å². The second-order valence-electron chi connectivity index (χ2n) is 17.1. The number of phosphoric ester groups is 1. The second kappa shape index (κ2) is 42.9. The monoisotopic (exact) mass is 850 g/mol. The van der Waals surface area contributed by atoms with Crippen LogP contribution in [0.1, 0.15) is 194 Å². The van der Waals surface area contributed by atoms with Gasteiger partial charge in [0.25, 0.3) is 7.82 Å². The van der Waals surface area contributed by atoms with Crippen LogP contribution in [0.25, 0.3) is 0 Å². The summed E-state index contributed by atoms with van der Waals surface area (Å²) in [6, 6.07) is 0. The largest absolute Gasteiger partial charge is 0.756 e. The van der Waals surface area contributed by atoms with Crippen LogP contribution in [0.4, 0.5) is 0 Å². The van der Waals surface area contributed by atoms with Crippen LogP contribution in [0, 0.1) is 0 Å². The quantitative estimate of drug-likeness (QED) is 0.0198. The van der Waals surface area contributed by atoms with Gasteiger partial charge in [0.2, 0.25) is 0 Å². The molecule has 0 aliphatic carbocycles. The van der Waals surface area contributed by atoms with E-state index in [9.17, 15) is 14.3 Å². The number of likely N-dealkylation sites (N-methyl/N-ethyl adjacent to an activating group) is 1. The molecule has 0 heterocycles. The highest BCUT2D eigenvalue weighted by Gasteiger charge is 2.20. The molecule has 0 aliphatic heterocycles. The fourth-order valence-corrected chi connectivity index (χ4v) is 7.11. The molecule has 0 radical (unpaired) electrons. The fraction of sp³-hybridized carbons (Fsp3) is 0.780. The highest BCUT2D eigenvalue weighted by atomic mass is 31.2. The lowest BCUT2D eigenvalue weighted by atomic mass is 10.0. The first-order valence-electron chi connectivity index (χ1n) is 24.0. The Morgan fingerprint density at radius 2 is 0.983 bits per heavy atom. The summed E-state index contributed by atoms with van der Waals surface area (Å²) in [6.45, 7) is 5.20. The van der Waals surface area contributed by atoms with Gasteiger partial charge in [-0.05, 0) is 64.2 Å². The van der Waals surface area contributed by atoms with E-state index in [-0.39, 0.29) is 26.2 Å². The van der Waals surface area contributed by atoms with E-state index >= 15 is 0 Å². The number of phosphoric acid groups is 1. The first kappa shape index (κ1) is 57.2. The van der Waals surface area contributed by atoms with Gasteiger partial charge in [-0.3, -0.25) is 9.36 Å². The number of carbonyl (C=O) groups is 1. The number of carbonyl (C=O) groups excluding carboxylic acids is 1. The number of ether oxygens (including phenoxy) is 2. The molecular formula is C50H92NO7P. The number of rotatable bonds is 44. The van der Waals surface area contributed by atoms with Crippen molar-refractivity contribution < 1.29 is 37.3 Å². The third-order valence-corrected chi connectivity index (χ3v) is 11.0. The molecule has 0 rings (SSSR count). The molecule has 0 N–H and O–H groups in total. The zero-order chi connectivity index (χ0) is 43.4. The molecule has 0 amide bonds. The lowest BCUT2D eigenvalue weighted by Crippen LogP contribution is -2.37. The van der Waals surface area contributed by atoms with Gasteiger partial charge in [-0.15, -0.1) is 0 Å². The van der Waals surface area contributed by atoms with E-state index in [1.165, 1.54) is 128 Å². The summed E-state index contributed by atoms with van der Waals surface area (Å²) in [4.78, 5) is 25.0. The van der Waals surface area contributed by atoms with Crippen molar-refractivity contribution in [2.75, 3.05) is 54.1 Å². The summed E-state index contributed by atoms with van der Waals surface area (Å²) < 4.78 is 34.5. The van der Waals surface area contributed by atoms with Gasteiger partial charge in [0, 0.05) is 13.0 Å². The van der Waals surface area contributed by atoms with E-state index in [4.69, 9.17) is 18.5 Å². The minimum atomic E-state index is -4.55. The summed E-state index contributed by atoms with van der Waals surface area (Å²) in [6.07, 6.45) is 54.2. The number of quaternary nitrogens is 1. The third-order valence-electron chi connectivity index (χ3n) is 10.1. The predicted molar refractivity (Wildman–Crippen MR) is 249 cm³/mol. The molecule has 0 aromatic carbocycles. The van der Waals surface area contributed by atoms with E-state index in [1.54, 1.807) is 0 Å². The summed E-state index contributed by atoms with van der Waals surface area (Å²) in [5.41, 5.74) is 0. The Balaban J connectivity index is 4.15. The minimum absolute atomic E-state index is 0.0117. The Hall–Kier alpha value is -1.80. The molecular weight excluding hydrogens is 758 g/mol. The number of unbranched alkanes of at least 4 members (excludes halogenated alkanes) is 20. The Kier molecular flexibility index (Phi) is 41.6. The van der Waals surface area contributed by atoms with Crippen molar-refractivity contribution in [2.45, 2.75) is 200 Å². The number of hydrogen-bond acceptors (Lipinski definition) is 7. The molecule has 2 atom stereocenters. The molecule has 0 saturated carbocycles. The second-order valence-corrected chi connectivity index (χ2v) is 18.5. The molecule has 9 heteroatoms. The van der Waals surface area contributed by atoms with Gasteiger partial charge in [0.1, 0.15) is 19.3 Å². The molecule has 2 unspecified atom stereocenters. The van der Waals surface area contributed by atoms with Gasteiger partial charge < -0.3 is 27.9 Å². The molecule has 0 bridgehead atoms. The summed E-state index contributed by atoms with van der Waals surface area (Å²) >= 11 is 0. The summed E-state index contributed by atoms with van der Waals surface area (Å²) in [7, 11) is 1.31. The third kappa shape index (κ3) is 47.1. The normalized spacial score (nSPS) is 14.2. The smallest absolute Gasteiger partial charge is 0.306 e. The van der Waals surface area contributed by atoms with Crippen molar-refractivity contribution in [1.29, 1.82) is 0 Å². The highest BCUT2D eigenvalue weighted by molar-refractivity contribution is 7.45. The predicted octanol–water partition coefficient (Wildman–Crippen LogP) is 13.9. The van der Waals surface area contributed by atoms with Crippen molar-refractivity contribution in [2.24, 2.45) is 0 Å². The van der Waals surface area contributed by atoms with E-state index in [0.29, 0.717) is 24.1 Å². The van der Waals surface area contributed by atoms with Crippen LogP contribution >= 0.6 is 7.82 Å². The zero-order valence-electron chi connectivity index (χ0n) is 38.9. The van der Waals surface area contributed by atoms with Crippen LogP contribution in [0.5, 0.6) is 0 Å². The van der Waals surface area contributed by atoms with Gasteiger partial charge in [0.05, 0.1) is 34.4 Å². The van der Waals surface area contributed by atoms with Crippen molar-refractivity contribution >= 4 is 13.8 Å². The van der Waals surface area contributed by atoms with Crippen LogP contribution in [0.3, 0.4) is 0 Å². The Morgan fingerprint density at radius 1 is 0.542 bits per heavy atom. The Bertz CT molecular complexity index is 1130. The maximum Gasteiger partial charge on any atom is 0.306 e. The summed E-state index contributed by atoms with van der Waals surface area (Å²) in [5.74, 6) is -0.413. The van der Waals surface area contributed by atoms with Gasteiger partial charge >= 0.3 is 5.97 Å². The maximum atomic E-state index is 12.6. The average molecular weight is 850 g/mol. The molecule has 0 aromatic rings. The zero-order valence-corrected chi connectivity index (χ0v) is 39.8. The lowest BCUT2D eigenvalue weighted by Gasteiger charge is -2.28. The molecule has 0 aliphatic rings. The lowest BCUT2D eigenvalue weighted by molar-refractivity contribution is -0.870. The van der Waals surface area contributed by atoms with Crippen LogP contribution < -0.4 is 4.89 Å². The minimum Gasteiger partial charge on any atom is -0.756 e. The molecule has 59 heavy (non-hydrogen) atoms. The molecule has 344 valence electrons. The van der Waals surface area contributed by atoms with Crippen molar-refractivity contribution in [3.63, 3.8) is 0 Å². The van der Waals surface area contributed by atoms with Gasteiger partial charge in [-0.1, -0.05) is 184 Å². The van der Waals surface area contributed by atoms with Crippen molar-refractivity contribution in [3.05, 3.63) is 60.8 Å². The van der Waals surface area contributed by atoms with Crippen LogP contribution in [0.15, 0.2) is 60.8 Å². The number of esters is 1. The summed E-state index contributed by atoms with van der Waals surface area (Å²) in [5, 5.41) is 0. The van der Waals surface area contributed by atoms with E-state index in [2.05, 4.69) is 62.5 Å². The van der Waals surface area contributed by atoms with Crippen molar-refractivity contribution in [1.82, 2.24) is 0 Å². The topological polar surface area (TPSA) is 94.1 Å². The average Bonchev–Trinajstić information content (AvgIpc) is 3.19. The Morgan fingerprint density at radius 3 is 1.47 bits per heavy atom. The first-order chi connectivity index (χ1) is 28.6. The number of allylic oxidation sites excluding steroid dienone is 10. The SMILES string of the molecule is CC/C=C\C/C=C\C/C=C\C/C=C\CCC(=O)OC(COCCCCCCCCCCCCCC/C=C\CCCCCCCCCC)COP(=O)([O-])OCC[N+](C)(C)C. The van der Waals surface area contributed by atoms with Crippen LogP contribution in [0.2, 0.25) is 0 Å². The van der Waals surface area contributed by atoms with E-state index < -0.39 is 19.9 Å². The molecule has 0 fully saturated rings. The van der Waals surface area contributed by atoms with Crippen LogP contribution in [-0.4, -0.2) is 70.7 Å². The van der Waals surface area contributed by atoms with Crippen molar-refractivity contribution in [3.8, 4) is 0 Å². The molecule has 8 nitrogen and oxygen atoms in total. The standard InChI is InChI=1S/C50H92NO7P/c1-6-8-10-12-14-16-18-20-21-22-23-24-25-26-27-28-29-30-32-34-36-38-40-42-45-55-47-49(48-57-59(53,54)56-46-44-51(3,4)5)58-50(52)43-41-39-37-35-33-31-19-17-15-13-11-9-7-2/h9,11,15,17,22-23,31,33,37,39,49H,6-8,10,12-14,16,18-21,24-30,32,34-36,38,40-48H2,1-5H3/b11-9-,17-15-,23-22-,33-31-,39-37-. The highest BCUT2D eigenvalue weighted by Crippen LogP contribution is 2.38. The van der Waals surface area contributed by atoms with E-state index in [1.807, 2.05) is 33.3 Å². The van der Waals surface area contributed by atoms with E-state index in [0.717, 1.165) is 38.5 Å². The molecule has 0 saturated heterocycles. The number of hydrogen-bond donors (Lipinski definition) is 0. The molecule has 0 aromatic heterocycles. The number of nitrogens with zero attached hydrogens (tertiary/aromatic N) is 1. The Labute approximate surface area is 364 Å². The van der Waals surface area contributed by atoms with Gasteiger partial charge in [-0.25, -0.2) is 0 Å². The first-order valence-corrected chi connectivity index (χ1v) is 25.5. The van der Waals surface area contributed by atoms with Gasteiger partial charge in [0.15, 0.2) is 0 Å². The van der Waals surface area contributed by atoms with Crippen LogP contribution in [-0.2, 0) is 27.9 Å².